The zero-order valence-corrected chi connectivity index (χ0v) is 16.2. The highest BCUT2D eigenvalue weighted by Crippen LogP contribution is 2.38. The molecular weight excluding hydrogens is 372 g/mol. The predicted molar refractivity (Wildman–Crippen MR) is 107 cm³/mol. The van der Waals surface area contributed by atoms with Crippen LogP contribution in [0.2, 0.25) is 0 Å². The molecule has 0 aliphatic carbocycles. The molecule has 1 aromatic heterocycles. The van der Waals surface area contributed by atoms with Crippen molar-refractivity contribution in [2.45, 2.75) is 29.9 Å². The summed E-state index contributed by atoms with van der Waals surface area (Å²) in [7, 11) is -3.70. The third kappa shape index (κ3) is 3.58. The molecule has 0 fully saturated rings. The number of aromatic nitrogens is 1. The van der Waals surface area contributed by atoms with Crippen LogP contribution in [0.25, 0.3) is 0 Å². The first-order valence-electron chi connectivity index (χ1n) is 9.29. The number of fused-ring (bicyclic) bond motifs is 1. The molecule has 2 atom stereocenters. The van der Waals surface area contributed by atoms with Gasteiger partial charge in [0.25, 0.3) is 0 Å². The Hall–Kier alpha value is -2.54. The Bertz CT molecular complexity index is 1040. The van der Waals surface area contributed by atoms with Crippen molar-refractivity contribution in [2.75, 3.05) is 6.54 Å². The molecule has 3 aromatic rings. The molecule has 2 heterocycles. The van der Waals surface area contributed by atoms with Gasteiger partial charge in [-0.3, -0.25) is 4.98 Å². The molecule has 0 saturated heterocycles. The Balaban J connectivity index is 1.71. The predicted octanol–water partition coefficient (Wildman–Crippen LogP) is 2.97. The van der Waals surface area contributed by atoms with Crippen molar-refractivity contribution in [3.05, 3.63) is 95.8 Å². The molecule has 2 aromatic carbocycles. The third-order valence-corrected chi connectivity index (χ3v) is 7.19. The van der Waals surface area contributed by atoms with Crippen molar-refractivity contribution in [3.8, 4) is 0 Å². The Morgan fingerprint density at radius 3 is 2.39 bits per heavy atom. The van der Waals surface area contributed by atoms with Crippen molar-refractivity contribution in [1.29, 1.82) is 0 Å². The van der Waals surface area contributed by atoms with E-state index in [9.17, 15) is 13.5 Å². The van der Waals surface area contributed by atoms with Gasteiger partial charge in [0.2, 0.25) is 10.0 Å². The van der Waals surface area contributed by atoms with Crippen LogP contribution >= 0.6 is 0 Å². The summed E-state index contributed by atoms with van der Waals surface area (Å²) in [4.78, 5) is 4.32. The van der Waals surface area contributed by atoms with Gasteiger partial charge in [0, 0.05) is 24.5 Å². The van der Waals surface area contributed by atoms with Crippen molar-refractivity contribution >= 4 is 10.0 Å². The maximum absolute atomic E-state index is 13.4. The molecule has 4 rings (SSSR count). The first-order chi connectivity index (χ1) is 13.6. The van der Waals surface area contributed by atoms with E-state index in [1.54, 1.807) is 36.7 Å². The molecule has 28 heavy (non-hydrogen) atoms. The molecule has 0 bridgehead atoms. The zero-order chi connectivity index (χ0) is 19.6. The summed E-state index contributed by atoms with van der Waals surface area (Å²) in [5, 5.41) is 11.1. The minimum Gasteiger partial charge on any atom is -0.387 e. The second kappa shape index (κ2) is 7.83. The molecule has 0 spiro atoms. The summed E-state index contributed by atoms with van der Waals surface area (Å²) in [6, 6.07) is 19.7. The Morgan fingerprint density at radius 2 is 1.64 bits per heavy atom. The van der Waals surface area contributed by atoms with Gasteiger partial charge in [-0.15, -0.1) is 0 Å². The third-order valence-electron chi connectivity index (χ3n) is 5.19. The summed E-state index contributed by atoms with van der Waals surface area (Å²) in [6.45, 7) is 0.308. The summed E-state index contributed by atoms with van der Waals surface area (Å²) in [5.41, 5.74) is 2.42. The van der Waals surface area contributed by atoms with Crippen LogP contribution in [0.3, 0.4) is 0 Å². The standard InChI is InChI=1S/C22H22N2O3S/c25-22-19-10-4-5-11-21(19)28(26,27)24(14-12-17-7-2-1-3-8-17)20(22)15-18-9-6-13-23-16-18/h1-11,13,16,20,22,25H,12,14-15H2. The fourth-order valence-corrected chi connectivity index (χ4v) is 5.64. The average Bonchev–Trinajstić information content (AvgIpc) is 2.73. The Morgan fingerprint density at radius 1 is 0.929 bits per heavy atom. The van der Waals surface area contributed by atoms with E-state index >= 15 is 0 Å². The molecule has 144 valence electrons. The minimum absolute atomic E-state index is 0.193. The quantitative estimate of drug-likeness (QED) is 0.722. The Labute approximate surface area is 165 Å². The zero-order valence-electron chi connectivity index (χ0n) is 15.3. The summed E-state index contributed by atoms with van der Waals surface area (Å²) >= 11 is 0. The van der Waals surface area contributed by atoms with E-state index in [0.29, 0.717) is 24.9 Å². The van der Waals surface area contributed by atoms with Gasteiger partial charge < -0.3 is 5.11 Å². The molecule has 1 N–H and O–H groups in total. The molecule has 0 radical (unpaired) electrons. The molecule has 2 unspecified atom stereocenters. The van der Waals surface area contributed by atoms with Crippen LogP contribution in [0.4, 0.5) is 0 Å². The van der Waals surface area contributed by atoms with Crippen LogP contribution in [0.5, 0.6) is 0 Å². The number of sulfonamides is 1. The molecule has 0 amide bonds. The van der Waals surface area contributed by atoms with E-state index in [1.165, 1.54) is 4.31 Å². The normalized spacial score (nSPS) is 21.2. The number of aliphatic hydroxyl groups excluding tert-OH is 1. The molecule has 6 heteroatoms. The summed E-state index contributed by atoms with van der Waals surface area (Å²) in [6.07, 6.45) is 3.49. The first kappa shape index (κ1) is 18.8. The summed E-state index contributed by atoms with van der Waals surface area (Å²) < 4.78 is 28.2. The number of hydrogen-bond donors (Lipinski definition) is 1. The van der Waals surface area contributed by atoms with Gasteiger partial charge in [0.15, 0.2) is 0 Å². The van der Waals surface area contributed by atoms with Gasteiger partial charge in [-0.25, -0.2) is 8.42 Å². The molecule has 5 nitrogen and oxygen atoms in total. The van der Waals surface area contributed by atoms with E-state index in [2.05, 4.69) is 4.98 Å². The number of nitrogens with zero attached hydrogens (tertiary/aromatic N) is 2. The minimum atomic E-state index is -3.70. The highest BCUT2D eigenvalue weighted by molar-refractivity contribution is 7.89. The number of rotatable bonds is 5. The highest BCUT2D eigenvalue weighted by atomic mass is 32.2. The Kier molecular flexibility index (Phi) is 5.26. The van der Waals surface area contributed by atoms with Crippen LogP contribution in [-0.4, -0.2) is 35.4 Å². The van der Waals surface area contributed by atoms with Gasteiger partial charge in [-0.1, -0.05) is 54.6 Å². The van der Waals surface area contributed by atoms with Gasteiger partial charge in [-0.05, 0) is 36.1 Å². The largest absolute Gasteiger partial charge is 0.387 e. The van der Waals surface area contributed by atoms with E-state index in [1.807, 2.05) is 42.5 Å². The fraction of sp³-hybridized carbons (Fsp3) is 0.227. The molecular formula is C22H22N2O3S. The van der Waals surface area contributed by atoms with E-state index < -0.39 is 22.2 Å². The van der Waals surface area contributed by atoms with Crippen LogP contribution in [-0.2, 0) is 22.9 Å². The van der Waals surface area contributed by atoms with Crippen molar-refractivity contribution in [3.63, 3.8) is 0 Å². The van der Waals surface area contributed by atoms with Gasteiger partial charge >= 0.3 is 0 Å². The van der Waals surface area contributed by atoms with Crippen molar-refractivity contribution in [2.24, 2.45) is 0 Å². The second-order valence-corrected chi connectivity index (χ2v) is 8.83. The van der Waals surface area contributed by atoms with Gasteiger partial charge in [0.1, 0.15) is 0 Å². The van der Waals surface area contributed by atoms with Crippen LogP contribution < -0.4 is 0 Å². The number of aliphatic hydroxyl groups is 1. The summed E-state index contributed by atoms with van der Waals surface area (Å²) in [5.74, 6) is 0. The van der Waals surface area contributed by atoms with Crippen LogP contribution in [0.1, 0.15) is 22.8 Å². The fourth-order valence-electron chi connectivity index (χ4n) is 3.77. The lowest BCUT2D eigenvalue weighted by molar-refractivity contribution is 0.0800. The lowest BCUT2D eigenvalue weighted by atomic mass is 9.96. The molecule has 1 aliphatic heterocycles. The number of hydrogen-bond acceptors (Lipinski definition) is 4. The monoisotopic (exact) mass is 394 g/mol. The lowest BCUT2D eigenvalue weighted by Gasteiger charge is -2.39. The van der Waals surface area contributed by atoms with Crippen molar-refractivity contribution < 1.29 is 13.5 Å². The first-order valence-corrected chi connectivity index (χ1v) is 10.7. The number of pyridine rings is 1. The van der Waals surface area contributed by atoms with Gasteiger partial charge in [-0.2, -0.15) is 4.31 Å². The lowest BCUT2D eigenvalue weighted by Crippen LogP contribution is -2.49. The van der Waals surface area contributed by atoms with Crippen molar-refractivity contribution in [1.82, 2.24) is 9.29 Å². The molecule has 1 aliphatic rings. The second-order valence-electron chi connectivity index (χ2n) is 6.97. The maximum Gasteiger partial charge on any atom is 0.243 e. The topological polar surface area (TPSA) is 70.5 Å². The van der Waals surface area contributed by atoms with E-state index in [4.69, 9.17) is 0 Å². The maximum atomic E-state index is 13.4. The highest BCUT2D eigenvalue weighted by Gasteiger charge is 2.43. The SMILES string of the molecule is O=S1(=O)c2ccccc2C(O)C(Cc2cccnc2)N1CCc1ccccc1. The van der Waals surface area contributed by atoms with Crippen LogP contribution in [0.15, 0.2) is 84.0 Å². The van der Waals surface area contributed by atoms with Crippen LogP contribution in [0, 0.1) is 0 Å². The van der Waals surface area contributed by atoms with E-state index in [-0.39, 0.29) is 4.90 Å². The van der Waals surface area contributed by atoms with E-state index in [0.717, 1.165) is 11.1 Å². The average molecular weight is 394 g/mol. The van der Waals surface area contributed by atoms with Gasteiger partial charge in [0.05, 0.1) is 17.0 Å². The molecule has 0 saturated carbocycles. The number of benzene rings is 2. The smallest absolute Gasteiger partial charge is 0.243 e.